The van der Waals surface area contributed by atoms with Gasteiger partial charge in [0.15, 0.2) is 5.78 Å². The molecule has 0 saturated heterocycles. The van der Waals surface area contributed by atoms with Gasteiger partial charge < -0.3 is 4.74 Å². The predicted molar refractivity (Wildman–Crippen MR) is 70.8 cm³/mol. The number of esters is 1. The van der Waals surface area contributed by atoms with Crippen LogP contribution in [0.4, 0.5) is 0 Å². The lowest BCUT2D eigenvalue weighted by Crippen LogP contribution is -2.35. The van der Waals surface area contributed by atoms with Gasteiger partial charge in [-0.15, -0.1) is 0 Å². The Hall–Kier alpha value is -1.64. The number of aryl methyl sites for hydroxylation is 3. The maximum Gasteiger partial charge on any atom is 0.319 e. The SMILES string of the molecule is COC(=O)C(C)(C)C(=O)c1cc(C)c(C)cc1C. The lowest BCUT2D eigenvalue weighted by atomic mass is 9.82. The molecule has 0 fully saturated rings. The van der Waals surface area contributed by atoms with E-state index in [0.717, 1.165) is 16.7 Å². The fraction of sp³-hybridized carbons (Fsp3) is 0.467. The van der Waals surface area contributed by atoms with Crippen molar-refractivity contribution in [3.63, 3.8) is 0 Å². The molecule has 0 aliphatic rings. The first kappa shape index (κ1) is 14.4. The summed E-state index contributed by atoms with van der Waals surface area (Å²) in [6.07, 6.45) is 0. The van der Waals surface area contributed by atoms with Gasteiger partial charge in [0, 0.05) is 5.56 Å². The number of benzene rings is 1. The zero-order valence-electron chi connectivity index (χ0n) is 11.9. The highest BCUT2D eigenvalue weighted by Gasteiger charge is 2.38. The number of ketones is 1. The van der Waals surface area contributed by atoms with Gasteiger partial charge in [-0.25, -0.2) is 0 Å². The topological polar surface area (TPSA) is 43.4 Å². The van der Waals surface area contributed by atoms with Crippen molar-refractivity contribution in [2.75, 3.05) is 7.11 Å². The van der Waals surface area contributed by atoms with E-state index in [9.17, 15) is 9.59 Å². The maximum atomic E-state index is 12.5. The molecule has 0 atom stereocenters. The smallest absolute Gasteiger partial charge is 0.319 e. The van der Waals surface area contributed by atoms with Crippen LogP contribution in [-0.4, -0.2) is 18.9 Å². The van der Waals surface area contributed by atoms with E-state index in [2.05, 4.69) is 0 Å². The summed E-state index contributed by atoms with van der Waals surface area (Å²) in [4.78, 5) is 24.1. The summed E-state index contributed by atoms with van der Waals surface area (Å²) in [5, 5.41) is 0. The van der Waals surface area contributed by atoms with Gasteiger partial charge in [-0.05, 0) is 57.4 Å². The molecule has 98 valence electrons. The second-order valence-corrected chi connectivity index (χ2v) is 5.20. The highest BCUT2D eigenvalue weighted by Crippen LogP contribution is 2.26. The van der Waals surface area contributed by atoms with Crippen molar-refractivity contribution in [1.82, 2.24) is 0 Å². The minimum absolute atomic E-state index is 0.199. The molecular weight excluding hydrogens is 228 g/mol. The molecule has 0 radical (unpaired) electrons. The fourth-order valence-electron chi connectivity index (χ4n) is 1.89. The van der Waals surface area contributed by atoms with Crippen LogP contribution in [0.1, 0.15) is 40.9 Å². The van der Waals surface area contributed by atoms with Crippen LogP contribution in [-0.2, 0) is 9.53 Å². The van der Waals surface area contributed by atoms with Crippen LogP contribution in [0.3, 0.4) is 0 Å². The Bertz CT molecular complexity index is 499. The van der Waals surface area contributed by atoms with E-state index in [0.29, 0.717) is 5.56 Å². The largest absolute Gasteiger partial charge is 0.468 e. The summed E-state index contributed by atoms with van der Waals surface area (Å²) in [6, 6.07) is 3.81. The molecule has 0 N–H and O–H groups in total. The van der Waals surface area contributed by atoms with Gasteiger partial charge in [0.25, 0.3) is 0 Å². The van der Waals surface area contributed by atoms with Gasteiger partial charge in [0.1, 0.15) is 5.41 Å². The highest BCUT2D eigenvalue weighted by molar-refractivity contribution is 6.12. The van der Waals surface area contributed by atoms with Gasteiger partial charge >= 0.3 is 5.97 Å². The molecule has 1 rings (SSSR count). The Kier molecular flexibility index (Phi) is 3.95. The first-order chi connectivity index (χ1) is 8.21. The third-order valence-corrected chi connectivity index (χ3v) is 3.35. The van der Waals surface area contributed by atoms with E-state index in [4.69, 9.17) is 4.74 Å². The molecule has 0 amide bonds. The minimum atomic E-state index is -1.15. The normalized spacial score (nSPS) is 11.2. The lowest BCUT2D eigenvalue weighted by molar-refractivity contribution is -0.147. The van der Waals surface area contributed by atoms with E-state index < -0.39 is 11.4 Å². The molecule has 0 aliphatic carbocycles. The van der Waals surface area contributed by atoms with Crippen molar-refractivity contribution >= 4 is 11.8 Å². The molecule has 1 aromatic carbocycles. The van der Waals surface area contributed by atoms with E-state index in [-0.39, 0.29) is 5.78 Å². The van der Waals surface area contributed by atoms with E-state index in [1.54, 1.807) is 13.8 Å². The van der Waals surface area contributed by atoms with E-state index in [1.165, 1.54) is 7.11 Å². The Balaban J connectivity index is 3.27. The average Bonchev–Trinajstić information content (AvgIpc) is 2.31. The van der Waals surface area contributed by atoms with Crippen molar-refractivity contribution in [2.45, 2.75) is 34.6 Å². The second-order valence-electron chi connectivity index (χ2n) is 5.20. The Morgan fingerprint density at radius 3 is 2.00 bits per heavy atom. The van der Waals surface area contributed by atoms with Crippen molar-refractivity contribution in [3.05, 3.63) is 34.4 Å². The third kappa shape index (κ3) is 2.45. The van der Waals surface area contributed by atoms with Crippen molar-refractivity contribution in [2.24, 2.45) is 5.41 Å². The number of Topliss-reactive ketones (excluding diaryl/α,β-unsaturated/α-hetero) is 1. The number of carbonyl (C=O) groups excluding carboxylic acids is 2. The lowest BCUT2D eigenvalue weighted by Gasteiger charge is -2.21. The quantitative estimate of drug-likeness (QED) is 0.469. The van der Waals surface area contributed by atoms with Crippen LogP contribution in [0.5, 0.6) is 0 Å². The highest BCUT2D eigenvalue weighted by atomic mass is 16.5. The molecule has 0 unspecified atom stereocenters. The summed E-state index contributed by atoms with van der Waals surface area (Å²) in [6.45, 7) is 9.03. The molecule has 1 aromatic rings. The van der Waals surface area contributed by atoms with Crippen LogP contribution in [0.25, 0.3) is 0 Å². The molecule has 0 aromatic heterocycles. The molecule has 18 heavy (non-hydrogen) atoms. The number of hydrogen-bond donors (Lipinski definition) is 0. The monoisotopic (exact) mass is 248 g/mol. The number of rotatable bonds is 3. The van der Waals surface area contributed by atoms with Gasteiger partial charge in [-0.3, -0.25) is 9.59 Å². The van der Waals surface area contributed by atoms with E-state index in [1.807, 2.05) is 32.9 Å². The first-order valence-corrected chi connectivity index (χ1v) is 5.93. The molecule has 0 heterocycles. The summed E-state index contributed by atoms with van der Waals surface area (Å²) >= 11 is 0. The number of carbonyl (C=O) groups is 2. The van der Waals surface area contributed by atoms with E-state index >= 15 is 0 Å². The third-order valence-electron chi connectivity index (χ3n) is 3.35. The number of methoxy groups -OCH3 is 1. The van der Waals surface area contributed by atoms with Gasteiger partial charge in [-0.1, -0.05) is 6.07 Å². The number of ether oxygens (including phenoxy) is 1. The number of hydrogen-bond acceptors (Lipinski definition) is 3. The molecule has 3 nitrogen and oxygen atoms in total. The minimum Gasteiger partial charge on any atom is -0.468 e. The summed E-state index contributed by atoms with van der Waals surface area (Å²) in [5.74, 6) is -0.708. The van der Waals surface area contributed by atoms with Crippen LogP contribution in [0, 0.1) is 26.2 Å². The Labute approximate surface area is 108 Å². The van der Waals surface area contributed by atoms with Crippen LogP contribution in [0.2, 0.25) is 0 Å². The van der Waals surface area contributed by atoms with Gasteiger partial charge in [0.2, 0.25) is 0 Å². The van der Waals surface area contributed by atoms with Gasteiger partial charge in [0.05, 0.1) is 7.11 Å². The van der Waals surface area contributed by atoms with Crippen molar-refractivity contribution < 1.29 is 14.3 Å². The summed E-state index contributed by atoms with van der Waals surface area (Å²) in [5.41, 5.74) is 2.51. The van der Waals surface area contributed by atoms with Crippen molar-refractivity contribution in [3.8, 4) is 0 Å². The Morgan fingerprint density at radius 2 is 1.50 bits per heavy atom. The summed E-state index contributed by atoms with van der Waals surface area (Å²) in [7, 11) is 1.30. The summed E-state index contributed by atoms with van der Waals surface area (Å²) < 4.78 is 4.69. The molecule has 0 saturated carbocycles. The first-order valence-electron chi connectivity index (χ1n) is 5.93. The zero-order valence-corrected chi connectivity index (χ0v) is 11.9. The average molecular weight is 248 g/mol. The second kappa shape index (κ2) is 4.92. The zero-order chi connectivity index (χ0) is 14.1. The molecule has 0 bridgehead atoms. The predicted octanol–water partition coefficient (Wildman–Crippen LogP) is 2.99. The van der Waals surface area contributed by atoms with Crippen LogP contribution < -0.4 is 0 Å². The standard InChI is InChI=1S/C15H20O3/c1-9-7-11(3)12(8-10(9)2)13(16)15(4,5)14(17)18-6/h7-8H,1-6H3. The Morgan fingerprint density at radius 1 is 1.00 bits per heavy atom. The molecule has 0 spiro atoms. The van der Waals surface area contributed by atoms with Crippen molar-refractivity contribution in [1.29, 1.82) is 0 Å². The molecular formula is C15H20O3. The van der Waals surface area contributed by atoms with Crippen LogP contribution >= 0.6 is 0 Å². The molecule has 0 aliphatic heterocycles. The van der Waals surface area contributed by atoms with Gasteiger partial charge in [-0.2, -0.15) is 0 Å². The molecule has 3 heteroatoms. The maximum absolute atomic E-state index is 12.5. The van der Waals surface area contributed by atoms with Crippen LogP contribution in [0.15, 0.2) is 12.1 Å². The fourth-order valence-corrected chi connectivity index (χ4v) is 1.89.